The molecule has 0 radical (unpaired) electrons. The Morgan fingerprint density at radius 1 is 1.08 bits per heavy atom. The van der Waals surface area contributed by atoms with Gasteiger partial charge in [-0.15, -0.1) is 11.3 Å². The van der Waals surface area contributed by atoms with E-state index in [1.807, 2.05) is 23.6 Å². The Balaban J connectivity index is 1.55. The quantitative estimate of drug-likeness (QED) is 0.698. The lowest BCUT2D eigenvalue weighted by Crippen LogP contribution is -2.29. The molecule has 4 rings (SSSR count). The molecule has 0 spiro atoms. The summed E-state index contributed by atoms with van der Waals surface area (Å²) in [5.74, 6) is 1.54. The van der Waals surface area contributed by atoms with Gasteiger partial charge in [0, 0.05) is 17.5 Å². The molecule has 1 aliphatic rings. The fraction of sp³-hybridized carbons (Fsp3) is 0.222. The Hall–Kier alpha value is -2.29. The summed E-state index contributed by atoms with van der Waals surface area (Å²) in [6.45, 7) is 1.07. The molecule has 6 nitrogen and oxygen atoms in total. The average Bonchev–Trinajstić information content (AvgIpc) is 3.36. The van der Waals surface area contributed by atoms with Crippen LogP contribution < -0.4 is 14.2 Å². The summed E-state index contributed by atoms with van der Waals surface area (Å²) in [6, 6.07) is 12.2. The van der Waals surface area contributed by atoms with Gasteiger partial charge < -0.3 is 13.9 Å². The summed E-state index contributed by atoms with van der Waals surface area (Å²) in [5.41, 5.74) is 0. The van der Waals surface area contributed by atoms with Crippen LogP contribution in [-0.4, -0.2) is 28.2 Å². The molecule has 0 amide bonds. The van der Waals surface area contributed by atoms with E-state index in [0.717, 1.165) is 10.6 Å². The minimum absolute atomic E-state index is 0.145. The van der Waals surface area contributed by atoms with Crippen LogP contribution in [0.1, 0.15) is 16.6 Å². The van der Waals surface area contributed by atoms with Gasteiger partial charge in [-0.05, 0) is 35.7 Å². The van der Waals surface area contributed by atoms with Gasteiger partial charge in [-0.1, -0.05) is 6.07 Å². The van der Waals surface area contributed by atoms with Crippen LogP contribution in [0.3, 0.4) is 0 Å². The summed E-state index contributed by atoms with van der Waals surface area (Å²) < 4.78 is 44.5. The molecule has 0 saturated heterocycles. The lowest BCUT2D eigenvalue weighted by molar-refractivity contribution is 0.171. The SMILES string of the molecule is O=S(=O)(NC[C@H](c1ccco1)c1cccs1)c1ccc2c(c1)OCCO2. The van der Waals surface area contributed by atoms with Gasteiger partial charge >= 0.3 is 0 Å². The maximum Gasteiger partial charge on any atom is 0.240 e. The molecule has 1 atom stereocenters. The molecule has 26 heavy (non-hydrogen) atoms. The van der Waals surface area contributed by atoms with E-state index in [9.17, 15) is 8.42 Å². The van der Waals surface area contributed by atoms with Crippen molar-refractivity contribution < 1.29 is 22.3 Å². The van der Waals surface area contributed by atoms with Crippen LogP contribution in [0.25, 0.3) is 0 Å². The zero-order valence-electron chi connectivity index (χ0n) is 13.8. The first-order valence-corrected chi connectivity index (χ1v) is 10.5. The molecule has 0 saturated carbocycles. The van der Waals surface area contributed by atoms with Gasteiger partial charge in [0.1, 0.15) is 19.0 Å². The van der Waals surface area contributed by atoms with Crippen molar-refractivity contribution in [2.45, 2.75) is 10.8 Å². The van der Waals surface area contributed by atoms with E-state index in [1.54, 1.807) is 29.7 Å². The van der Waals surface area contributed by atoms with Gasteiger partial charge in [-0.3, -0.25) is 0 Å². The zero-order valence-corrected chi connectivity index (χ0v) is 15.4. The molecular formula is C18H17NO5S2. The number of thiophene rings is 1. The Morgan fingerprint density at radius 2 is 1.92 bits per heavy atom. The highest BCUT2D eigenvalue weighted by Crippen LogP contribution is 2.33. The number of hydrogen-bond acceptors (Lipinski definition) is 6. The molecule has 2 aromatic heterocycles. The normalized spacial score (nSPS) is 14.9. The van der Waals surface area contributed by atoms with Crippen LogP contribution in [-0.2, 0) is 10.0 Å². The predicted molar refractivity (Wildman–Crippen MR) is 97.5 cm³/mol. The Morgan fingerprint density at radius 3 is 2.65 bits per heavy atom. The molecule has 3 aromatic rings. The average molecular weight is 391 g/mol. The molecule has 1 N–H and O–H groups in total. The number of ether oxygens (including phenoxy) is 2. The molecule has 0 bridgehead atoms. The van der Waals surface area contributed by atoms with E-state index in [4.69, 9.17) is 13.9 Å². The minimum Gasteiger partial charge on any atom is -0.486 e. The first-order chi connectivity index (χ1) is 12.6. The fourth-order valence-corrected chi connectivity index (χ4v) is 4.68. The highest BCUT2D eigenvalue weighted by molar-refractivity contribution is 7.89. The third kappa shape index (κ3) is 3.48. The van der Waals surface area contributed by atoms with Crippen molar-refractivity contribution in [2.24, 2.45) is 0 Å². The lowest BCUT2D eigenvalue weighted by atomic mass is 10.1. The summed E-state index contributed by atoms with van der Waals surface area (Å²) in [4.78, 5) is 1.18. The van der Waals surface area contributed by atoms with Crippen molar-refractivity contribution in [1.82, 2.24) is 4.72 Å². The maximum atomic E-state index is 12.7. The number of sulfonamides is 1. The third-order valence-corrected chi connectivity index (χ3v) is 6.48. The number of furan rings is 1. The standard InChI is InChI=1S/C18H17NO5S2/c20-26(21,13-5-6-16-17(11-13)24-9-8-23-16)19-12-14(15-3-1-7-22-15)18-4-2-10-25-18/h1-7,10-11,14,19H,8-9,12H2/t14-/m1/s1. The number of rotatable bonds is 6. The van der Waals surface area contributed by atoms with Crippen molar-refractivity contribution in [2.75, 3.05) is 19.8 Å². The Bertz CT molecular complexity index is 931. The second-order valence-corrected chi connectivity index (χ2v) is 8.49. The summed E-state index contributed by atoms with van der Waals surface area (Å²) in [5, 5.41) is 1.96. The third-order valence-electron chi connectivity index (χ3n) is 4.07. The lowest BCUT2D eigenvalue weighted by Gasteiger charge is -2.19. The molecule has 1 aliphatic heterocycles. The van der Waals surface area contributed by atoms with Gasteiger partial charge in [0.25, 0.3) is 0 Å². The summed E-state index contributed by atoms with van der Waals surface area (Å²) in [7, 11) is -3.69. The number of hydrogen-bond donors (Lipinski definition) is 1. The monoisotopic (exact) mass is 391 g/mol. The van der Waals surface area contributed by atoms with Crippen molar-refractivity contribution in [3.05, 3.63) is 64.7 Å². The van der Waals surface area contributed by atoms with Crippen LogP contribution in [0, 0.1) is 0 Å². The Labute approximate surface area is 155 Å². The highest BCUT2D eigenvalue weighted by atomic mass is 32.2. The largest absolute Gasteiger partial charge is 0.486 e. The molecule has 0 fully saturated rings. The fourth-order valence-electron chi connectivity index (χ4n) is 2.79. The molecular weight excluding hydrogens is 374 g/mol. The van der Waals surface area contributed by atoms with E-state index >= 15 is 0 Å². The second kappa shape index (κ2) is 7.14. The van der Waals surface area contributed by atoms with Crippen LogP contribution in [0.2, 0.25) is 0 Å². The van der Waals surface area contributed by atoms with Crippen LogP contribution in [0.4, 0.5) is 0 Å². The van der Waals surface area contributed by atoms with E-state index in [-0.39, 0.29) is 17.4 Å². The Kier molecular flexibility index (Phi) is 4.71. The predicted octanol–water partition coefficient (Wildman–Crippen LogP) is 3.22. The smallest absolute Gasteiger partial charge is 0.240 e. The van der Waals surface area contributed by atoms with E-state index in [2.05, 4.69) is 4.72 Å². The molecule has 1 aromatic carbocycles. The van der Waals surface area contributed by atoms with E-state index in [1.165, 1.54) is 12.1 Å². The molecule has 3 heterocycles. The number of fused-ring (bicyclic) bond motifs is 1. The maximum absolute atomic E-state index is 12.7. The van der Waals surface area contributed by atoms with Crippen LogP contribution in [0.5, 0.6) is 11.5 Å². The van der Waals surface area contributed by atoms with Crippen molar-refractivity contribution in [1.29, 1.82) is 0 Å². The molecule has 0 aliphatic carbocycles. The van der Waals surface area contributed by atoms with Crippen molar-refractivity contribution >= 4 is 21.4 Å². The van der Waals surface area contributed by atoms with Crippen molar-refractivity contribution in [3.63, 3.8) is 0 Å². The summed E-state index contributed by atoms with van der Waals surface area (Å²) >= 11 is 1.56. The van der Waals surface area contributed by atoms with Gasteiger partial charge in [0.15, 0.2) is 11.5 Å². The first kappa shape index (κ1) is 17.1. The molecule has 8 heteroatoms. The second-order valence-electron chi connectivity index (χ2n) is 5.74. The zero-order chi connectivity index (χ0) is 18.0. The van der Waals surface area contributed by atoms with Gasteiger partial charge in [-0.25, -0.2) is 13.1 Å². The minimum atomic E-state index is -3.69. The van der Waals surface area contributed by atoms with Crippen molar-refractivity contribution in [3.8, 4) is 11.5 Å². The summed E-state index contributed by atoms with van der Waals surface area (Å²) in [6.07, 6.45) is 1.59. The molecule has 0 unspecified atom stereocenters. The van der Waals surface area contributed by atoms with Crippen LogP contribution >= 0.6 is 11.3 Å². The number of benzene rings is 1. The molecule has 136 valence electrons. The van der Waals surface area contributed by atoms with E-state index in [0.29, 0.717) is 24.7 Å². The van der Waals surface area contributed by atoms with Gasteiger partial charge in [0.2, 0.25) is 10.0 Å². The van der Waals surface area contributed by atoms with Gasteiger partial charge in [0.05, 0.1) is 17.1 Å². The van der Waals surface area contributed by atoms with Gasteiger partial charge in [-0.2, -0.15) is 0 Å². The first-order valence-electron chi connectivity index (χ1n) is 8.09. The number of nitrogens with one attached hydrogen (secondary N) is 1. The topological polar surface area (TPSA) is 77.8 Å². The highest BCUT2D eigenvalue weighted by Gasteiger charge is 2.23. The van der Waals surface area contributed by atoms with E-state index < -0.39 is 10.0 Å². The van der Waals surface area contributed by atoms with Crippen LogP contribution in [0.15, 0.2) is 63.4 Å².